The molecule has 222 valence electrons. The van der Waals surface area contributed by atoms with E-state index < -0.39 is 0 Å². The van der Waals surface area contributed by atoms with Crippen LogP contribution in [0.1, 0.15) is 44.8 Å². The fraction of sp³-hybridized carbons (Fsp3) is 0.250. The van der Waals surface area contributed by atoms with Gasteiger partial charge in [-0.2, -0.15) is 0 Å². The molecule has 0 aliphatic carbocycles. The Balaban J connectivity index is 1.35. The number of anilines is 2. The molecule has 0 unspecified atom stereocenters. The topological polar surface area (TPSA) is 93.7 Å². The second-order valence-corrected chi connectivity index (χ2v) is 11.7. The van der Waals surface area contributed by atoms with Crippen molar-refractivity contribution in [1.29, 1.82) is 0 Å². The van der Waals surface area contributed by atoms with E-state index in [2.05, 4.69) is 15.3 Å². The van der Waals surface area contributed by atoms with Crippen LogP contribution in [-0.2, 0) is 6.42 Å². The van der Waals surface area contributed by atoms with E-state index in [0.717, 1.165) is 36.2 Å². The Hall–Kier alpha value is -3.79. The van der Waals surface area contributed by atoms with Gasteiger partial charge in [0.05, 0.1) is 40.6 Å². The summed E-state index contributed by atoms with van der Waals surface area (Å²) in [5, 5.41) is 4.37. The fourth-order valence-electron chi connectivity index (χ4n) is 4.85. The van der Waals surface area contributed by atoms with Crippen molar-refractivity contribution in [2.24, 2.45) is 0 Å². The van der Waals surface area contributed by atoms with Crippen molar-refractivity contribution < 1.29 is 19.1 Å². The minimum absolute atomic E-state index is 0.218. The average Bonchev–Trinajstić information content (AvgIpc) is 3.22. The van der Waals surface area contributed by atoms with Crippen LogP contribution in [0.25, 0.3) is 0 Å². The summed E-state index contributed by atoms with van der Waals surface area (Å²) in [5.74, 6) is 0.998. The van der Waals surface area contributed by atoms with Crippen molar-refractivity contribution in [3.63, 3.8) is 0 Å². The maximum Gasteiger partial charge on any atom is 0.262 e. The van der Waals surface area contributed by atoms with Crippen LogP contribution in [0.4, 0.5) is 11.4 Å². The monoisotopic (exact) mass is 636 g/mol. The number of rotatable bonds is 9. The van der Waals surface area contributed by atoms with Crippen molar-refractivity contribution >= 4 is 58.2 Å². The highest BCUT2D eigenvalue weighted by Crippen LogP contribution is 2.40. The molecule has 0 bridgehead atoms. The third kappa shape index (κ3) is 7.24. The lowest BCUT2D eigenvalue weighted by Crippen LogP contribution is -2.32. The van der Waals surface area contributed by atoms with Gasteiger partial charge in [0, 0.05) is 41.5 Å². The van der Waals surface area contributed by atoms with Crippen molar-refractivity contribution in [3.05, 3.63) is 99.3 Å². The molecule has 11 heteroatoms. The van der Waals surface area contributed by atoms with Crippen LogP contribution in [0, 0.1) is 6.92 Å². The van der Waals surface area contributed by atoms with E-state index in [0.29, 0.717) is 62.4 Å². The van der Waals surface area contributed by atoms with Gasteiger partial charge >= 0.3 is 0 Å². The van der Waals surface area contributed by atoms with Crippen LogP contribution in [0.5, 0.6) is 11.5 Å². The number of nitrogens with zero attached hydrogens (tertiary/aromatic N) is 3. The fourth-order valence-corrected chi connectivity index (χ4v) is 6.00. The Kier molecular flexibility index (Phi) is 10.1. The first-order chi connectivity index (χ1) is 20.9. The van der Waals surface area contributed by atoms with Gasteiger partial charge in [-0.3, -0.25) is 9.59 Å². The van der Waals surface area contributed by atoms with E-state index in [1.807, 2.05) is 19.1 Å². The molecule has 0 fully saturated rings. The first kappa shape index (κ1) is 30.7. The number of ether oxygens (including phenoxy) is 2. The lowest BCUT2D eigenvalue weighted by atomic mass is 10.1. The molecule has 1 aromatic heterocycles. The van der Waals surface area contributed by atoms with Gasteiger partial charge in [-0.05, 0) is 68.7 Å². The first-order valence-corrected chi connectivity index (χ1v) is 15.5. The number of fused-ring (bicyclic) bond motifs is 1. The lowest BCUT2D eigenvalue weighted by Gasteiger charge is -2.25. The number of carbonyl (C=O) groups excluding carboxylic acids is 2. The number of carbonyl (C=O) groups is 2. The second-order valence-electron chi connectivity index (χ2n) is 9.81. The number of nitrogens with one attached hydrogen (secondary N) is 1. The van der Waals surface area contributed by atoms with Gasteiger partial charge in [0.2, 0.25) is 0 Å². The molecule has 4 aromatic rings. The molecule has 0 atom stereocenters. The number of aryl methyl sites for hydroxylation is 1. The zero-order chi connectivity index (χ0) is 30.3. The summed E-state index contributed by atoms with van der Waals surface area (Å²) >= 11 is 14.3. The predicted molar refractivity (Wildman–Crippen MR) is 171 cm³/mol. The molecule has 43 heavy (non-hydrogen) atoms. The summed E-state index contributed by atoms with van der Waals surface area (Å²) in [7, 11) is 1.49. The highest BCUT2D eigenvalue weighted by molar-refractivity contribution is 7.99. The van der Waals surface area contributed by atoms with Crippen LogP contribution in [0.15, 0.2) is 72.0 Å². The van der Waals surface area contributed by atoms with Gasteiger partial charge < -0.3 is 19.7 Å². The zero-order valence-electron chi connectivity index (χ0n) is 23.7. The third-order valence-corrected chi connectivity index (χ3v) is 8.38. The molecule has 1 aliphatic heterocycles. The molecule has 0 saturated heterocycles. The van der Waals surface area contributed by atoms with E-state index in [4.69, 9.17) is 32.7 Å². The molecule has 1 aliphatic rings. The number of hydrogen-bond donors (Lipinski definition) is 1. The van der Waals surface area contributed by atoms with Crippen LogP contribution in [0.2, 0.25) is 10.0 Å². The quantitative estimate of drug-likeness (QED) is 0.115. The van der Waals surface area contributed by atoms with Gasteiger partial charge in [-0.25, -0.2) is 9.97 Å². The van der Waals surface area contributed by atoms with E-state index >= 15 is 0 Å². The summed E-state index contributed by atoms with van der Waals surface area (Å²) in [6.45, 7) is 2.86. The summed E-state index contributed by atoms with van der Waals surface area (Å²) in [5.41, 5.74) is 3.77. The van der Waals surface area contributed by atoms with Gasteiger partial charge in [-0.15, -0.1) is 0 Å². The minimum Gasteiger partial charge on any atom is -0.496 e. The zero-order valence-corrected chi connectivity index (χ0v) is 26.1. The standard InChI is InChI=1S/C32H30Cl2N4O4S/c1-20-14-15-35-32(36-20)43-18-17-42-29-23-8-5-6-16-38(27(23)13-12-26(29)34)31(40)24-11-10-21(19-28(24)41-2)37-30(39)22-7-3-4-9-25(22)33/h3-4,7,9-15,19H,5-6,8,16-18H2,1-2H3,(H,37,39). The van der Waals surface area contributed by atoms with Gasteiger partial charge in [-0.1, -0.05) is 47.1 Å². The number of halogens is 2. The largest absolute Gasteiger partial charge is 0.496 e. The third-order valence-electron chi connectivity index (χ3n) is 6.92. The Morgan fingerprint density at radius 1 is 1.02 bits per heavy atom. The molecule has 8 nitrogen and oxygen atoms in total. The molecule has 1 N–H and O–H groups in total. The van der Waals surface area contributed by atoms with Crippen molar-refractivity contribution in [2.45, 2.75) is 31.3 Å². The summed E-state index contributed by atoms with van der Waals surface area (Å²) in [4.78, 5) is 37.2. The number of methoxy groups -OCH3 is 1. The molecule has 0 saturated carbocycles. The molecular formula is C32H30Cl2N4O4S. The molecule has 2 heterocycles. The van der Waals surface area contributed by atoms with E-state index in [-0.39, 0.29) is 11.8 Å². The number of hydrogen-bond acceptors (Lipinski definition) is 7. The smallest absolute Gasteiger partial charge is 0.262 e. The highest BCUT2D eigenvalue weighted by Gasteiger charge is 2.28. The Bertz CT molecular complexity index is 1650. The van der Waals surface area contributed by atoms with E-state index in [1.165, 1.54) is 18.9 Å². The van der Waals surface area contributed by atoms with Crippen molar-refractivity contribution in [1.82, 2.24) is 9.97 Å². The Labute approximate surface area is 264 Å². The Morgan fingerprint density at radius 2 is 1.86 bits per heavy atom. The molecule has 0 spiro atoms. The van der Waals surface area contributed by atoms with Crippen molar-refractivity contribution in [3.8, 4) is 11.5 Å². The molecular weight excluding hydrogens is 607 g/mol. The minimum atomic E-state index is -0.359. The summed E-state index contributed by atoms with van der Waals surface area (Å²) in [6.07, 6.45) is 4.16. The maximum atomic E-state index is 14.0. The van der Waals surface area contributed by atoms with Crippen molar-refractivity contribution in [2.75, 3.05) is 36.2 Å². The summed E-state index contributed by atoms with van der Waals surface area (Å²) < 4.78 is 11.8. The van der Waals surface area contributed by atoms with Crippen LogP contribution in [0.3, 0.4) is 0 Å². The van der Waals surface area contributed by atoms with Gasteiger partial charge in [0.15, 0.2) is 5.16 Å². The molecule has 0 radical (unpaired) electrons. The lowest BCUT2D eigenvalue weighted by molar-refractivity contribution is 0.0983. The first-order valence-electron chi connectivity index (χ1n) is 13.8. The molecule has 2 amide bonds. The highest BCUT2D eigenvalue weighted by atomic mass is 35.5. The maximum absolute atomic E-state index is 14.0. The predicted octanol–water partition coefficient (Wildman–Crippen LogP) is 7.51. The van der Waals surface area contributed by atoms with E-state index in [1.54, 1.807) is 59.6 Å². The SMILES string of the molecule is COc1cc(NC(=O)c2ccccc2Cl)ccc1C(=O)N1CCCCc2c1ccc(Cl)c2OCCSc1nccc(C)n1. The van der Waals surface area contributed by atoms with E-state index in [9.17, 15) is 9.59 Å². The summed E-state index contributed by atoms with van der Waals surface area (Å²) in [6, 6.07) is 17.3. The van der Waals surface area contributed by atoms with Gasteiger partial charge in [0.1, 0.15) is 11.5 Å². The number of thioether (sulfide) groups is 1. The van der Waals surface area contributed by atoms with Crippen LogP contribution in [-0.4, -0.2) is 47.8 Å². The van der Waals surface area contributed by atoms with Crippen LogP contribution >= 0.6 is 35.0 Å². The number of aromatic nitrogens is 2. The van der Waals surface area contributed by atoms with Crippen LogP contribution < -0.4 is 19.7 Å². The molecule has 3 aromatic carbocycles. The van der Waals surface area contributed by atoms with Gasteiger partial charge in [0.25, 0.3) is 11.8 Å². The normalized spacial score (nSPS) is 12.7. The second kappa shape index (κ2) is 14.1. The Morgan fingerprint density at radius 3 is 2.65 bits per heavy atom. The number of benzene rings is 3. The number of amides is 2. The average molecular weight is 638 g/mol. The molecule has 5 rings (SSSR count).